The number of aromatic nitrogens is 3. The fourth-order valence-corrected chi connectivity index (χ4v) is 3.59. The molecule has 1 amide bonds. The fourth-order valence-electron chi connectivity index (χ4n) is 3.24. The third-order valence-electron chi connectivity index (χ3n) is 4.63. The van der Waals surface area contributed by atoms with Crippen molar-refractivity contribution in [2.45, 2.75) is 25.8 Å². The predicted octanol–water partition coefficient (Wildman–Crippen LogP) is 3.13. The number of thiocarbonyl (C=S) groups is 1. The maximum Gasteiger partial charge on any atom is 0.333 e. The van der Waals surface area contributed by atoms with E-state index in [1.807, 2.05) is 0 Å². The number of aryl methyl sites for hydroxylation is 1. The van der Waals surface area contributed by atoms with E-state index < -0.39 is 36.2 Å². The highest BCUT2D eigenvalue weighted by molar-refractivity contribution is 7.80. The number of likely N-dealkylation sites (N-methyl/N-ethyl adjacent to an activating group) is 1. The van der Waals surface area contributed by atoms with Crippen molar-refractivity contribution < 1.29 is 22.4 Å². The minimum Gasteiger partial charge on any atom is -0.368 e. The molecule has 1 N–H and O–H groups in total. The topological polar surface area (TPSA) is 63.1 Å². The molecule has 1 fully saturated rings. The number of anilines is 1. The van der Waals surface area contributed by atoms with Gasteiger partial charge in [-0.3, -0.25) is 4.79 Å². The summed E-state index contributed by atoms with van der Waals surface area (Å²) in [5, 5.41) is 6.31. The number of hydrogen-bond donors (Lipinski definition) is 1. The molecule has 0 saturated carbocycles. The number of likely N-dealkylation sites (tertiary alicyclic amines) is 1. The largest absolute Gasteiger partial charge is 0.368 e. The van der Waals surface area contributed by atoms with E-state index in [0.29, 0.717) is 29.0 Å². The van der Waals surface area contributed by atoms with Gasteiger partial charge in [-0.1, -0.05) is 19.1 Å². The fraction of sp³-hybridized carbons (Fsp3) is 0.412. The summed E-state index contributed by atoms with van der Waals surface area (Å²) in [6.07, 6.45) is 0.341. The van der Waals surface area contributed by atoms with Crippen LogP contribution in [0.5, 0.6) is 0 Å². The first-order valence-electron chi connectivity index (χ1n) is 8.47. The molecule has 0 aliphatic carbocycles. The van der Waals surface area contributed by atoms with Crippen molar-refractivity contribution in [3.8, 4) is 0 Å². The summed E-state index contributed by atoms with van der Waals surface area (Å²) in [4.78, 5) is 17.7. The van der Waals surface area contributed by atoms with E-state index in [0.717, 1.165) is 12.1 Å². The molecule has 2 aromatic heterocycles. The third-order valence-corrected chi connectivity index (χ3v) is 5.19. The number of alkyl halides is 2. The van der Waals surface area contributed by atoms with Crippen LogP contribution in [-0.2, 0) is 11.2 Å². The summed E-state index contributed by atoms with van der Waals surface area (Å²) in [6.45, 7) is -0.786. The van der Waals surface area contributed by atoms with Crippen LogP contribution in [0.4, 0.5) is 23.2 Å². The molecule has 150 valence electrons. The second-order valence-electron chi connectivity index (χ2n) is 6.40. The third kappa shape index (κ3) is 3.71. The molecule has 0 radical (unpaired) electrons. The second-order valence-corrected chi connectivity index (χ2v) is 6.82. The van der Waals surface area contributed by atoms with E-state index >= 15 is 0 Å². The van der Waals surface area contributed by atoms with Crippen LogP contribution < -0.4 is 5.32 Å². The van der Waals surface area contributed by atoms with Crippen LogP contribution in [0.2, 0.25) is 0 Å². The lowest BCUT2D eigenvalue weighted by molar-refractivity contribution is -0.118. The Hall–Kier alpha value is -2.56. The van der Waals surface area contributed by atoms with Gasteiger partial charge < -0.3 is 10.2 Å². The number of hydrogen-bond acceptors (Lipinski definition) is 4. The van der Waals surface area contributed by atoms with Crippen molar-refractivity contribution in [1.29, 1.82) is 0 Å². The van der Waals surface area contributed by atoms with Gasteiger partial charge in [0.25, 0.3) is 0 Å². The van der Waals surface area contributed by atoms with E-state index in [-0.39, 0.29) is 10.7 Å². The summed E-state index contributed by atoms with van der Waals surface area (Å²) < 4.78 is 53.7. The average Bonchev–Trinajstić information content (AvgIpc) is 3.19. The summed E-state index contributed by atoms with van der Waals surface area (Å²) >= 11 is 5.32. The molecular formula is C17H17F4N5OS. The molecule has 6 nitrogen and oxygen atoms in total. The van der Waals surface area contributed by atoms with Gasteiger partial charge in [-0.2, -0.15) is 27.6 Å². The van der Waals surface area contributed by atoms with E-state index in [9.17, 15) is 22.4 Å². The van der Waals surface area contributed by atoms with Crippen LogP contribution in [0, 0.1) is 17.8 Å². The van der Waals surface area contributed by atoms with Crippen LogP contribution in [0.15, 0.2) is 18.2 Å². The Morgan fingerprint density at radius 3 is 2.68 bits per heavy atom. The minimum atomic E-state index is -2.80. The van der Waals surface area contributed by atoms with Crippen molar-refractivity contribution in [3.63, 3.8) is 0 Å². The molecule has 1 aliphatic rings. The average molecular weight is 415 g/mol. The Balaban J connectivity index is 1.91. The van der Waals surface area contributed by atoms with E-state index in [1.165, 1.54) is 6.07 Å². The van der Waals surface area contributed by atoms with Gasteiger partial charge in [0.05, 0.1) is 22.3 Å². The summed E-state index contributed by atoms with van der Waals surface area (Å²) in [7, 11) is 1.67. The number of nitrogens with zero attached hydrogens (tertiary/aromatic N) is 4. The van der Waals surface area contributed by atoms with Gasteiger partial charge >= 0.3 is 6.55 Å². The van der Waals surface area contributed by atoms with Crippen LogP contribution in [0.25, 0.3) is 0 Å². The highest BCUT2D eigenvalue weighted by atomic mass is 32.1. The number of carbonyl (C=O) groups excluding carboxylic acids is 1. The molecule has 2 unspecified atom stereocenters. The minimum absolute atomic E-state index is 0.280. The number of rotatable bonds is 5. The monoisotopic (exact) mass is 415 g/mol. The molecule has 1 saturated heterocycles. The Morgan fingerprint density at radius 1 is 1.39 bits per heavy atom. The molecule has 2 atom stereocenters. The molecule has 1 aliphatic heterocycles. The molecule has 3 rings (SSSR count). The standard InChI is InChI=1S/C17H17F4N5OS/c1-3-8-6-11(24-26(8)17(20)21)9-7-25(2)16(28)13(9)15(27)22-10-4-5-12(18)23-14(10)19/h4-6,9,13,17H,3,7H2,1-2H3,(H,22,27). The SMILES string of the molecule is CCc1cc(C2CN(C)C(=S)C2C(=O)Nc2ccc(F)nc2F)nn1C(F)F. The molecule has 0 bridgehead atoms. The Kier molecular flexibility index (Phi) is 5.64. The zero-order valence-electron chi connectivity index (χ0n) is 15.0. The molecule has 3 heterocycles. The first-order chi connectivity index (χ1) is 13.2. The quantitative estimate of drug-likeness (QED) is 0.462. The maximum atomic E-state index is 13.8. The first-order valence-corrected chi connectivity index (χ1v) is 8.88. The van der Waals surface area contributed by atoms with Crippen molar-refractivity contribution in [2.75, 3.05) is 18.9 Å². The molecule has 11 heteroatoms. The van der Waals surface area contributed by atoms with E-state index in [1.54, 1.807) is 18.9 Å². The van der Waals surface area contributed by atoms with Crippen molar-refractivity contribution in [1.82, 2.24) is 19.7 Å². The van der Waals surface area contributed by atoms with Crippen molar-refractivity contribution in [2.24, 2.45) is 5.92 Å². The van der Waals surface area contributed by atoms with Gasteiger partial charge in [0.1, 0.15) is 0 Å². The van der Waals surface area contributed by atoms with Gasteiger partial charge in [-0.15, -0.1) is 0 Å². The predicted molar refractivity (Wildman–Crippen MR) is 97.1 cm³/mol. The highest BCUT2D eigenvalue weighted by Crippen LogP contribution is 2.35. The lowest BCUT2D eigenvalue weighted by Crippen LogP contribution is -2.32. The van der Waals surface area contributed by atoms with Gasteiger partial charge in [-0.25, -0.2) is 4.68 Å². The number of amides is 1. The lowest BCUT2D eigenvalue weighted by Gasteiger charge is -2.16. The van der Waals surface area contributed by atoms with Crippen molar-refractivity contribution >= 4 is 28.8 Å². The second kappa shape index (κ2) is 7.82. The number of pyridine rings is 1. The van der Waals surface area contributed by atoms with Gasteiger partial charge in [0, 0.05) is 25.2 Å². The van der Waals surface area contributed by atoms with Gasteiger partial charge in [0.2, 0.25) is 17.8 Å². The van der Waals surface area contributed by atoms with E-state index in [2.05, 4.69) is 15.4 Å². The molecule has 28 heavy (non-hydrogen) atoms. The summed E-state index contributed by atoms with van der Waals surface area (Å²) in [5.41, 5.74) is 0.343. The van der Waals surface area contributed by atoms with Crippen molar-refractivity contribution in [3.05, 3.63) is 41.5 Å². The highest BCUT2D eigenvalue weighted by Gasteiger charge is 2.43. The van der Waals surface area contributed by atoms with Gasteiger partial charge in [0.15, 0.2) is 0 Å². The van der Waals surface area contributed by atoms with Crippen LogP contribution in [0.3, 0.4) is 0 Å². The summed E-state index contributed by atoms with van der Waals surface area (Å²) in [6, 6.07) is 3.49. The van der Waals surface area contributed by atoms with E-state index in [4.69, 9.17) is 12.2 Å². The van der Waals surface area contributed by atoms with Crippen LogP contribution >= 0.6 is 12.2 Å². The Bertz CT molecular complexity index is 919. The van der Waals surface area contributed by atoms with Gasteiger partial charge in [-0.05, 0) is 24.6 Å². The molecule has 2 aromatic rings. The lowest BCUT2D eigenvalue weighted by atomic mass is 9.91. The zero-order valence-corrected chi connectivity index (χ0v) is 15.8. The van der Waals surface area contributed by atoms with Crippen LogP contribution in [-0.4, -0.2) is 44.2 Å². The normalized spacial score (nSPS) is 19.5. The Morgan fingerprint density at radius 2 is 2.11 bits per heavy atom. The first kappa shape index (κ1) is 20.2. The molecule has 0 spiro atoms. The summed E-state index contributed by atoms with van der Waals surface area (Å²) in [5.74, 6) is -4.34. The smallest absolute Gasteiger partial charge is 0.333 e. The zero-order chi connectivity index (χ0) is 20.6. The van der Waals surface area contributed by atoms with Crippen LogP contribution in [0.1, 0.15) is 30.8 Å². The molecular weight excluding hydrogens is 398 g/mol. The number of nitrogens with one attached hydrogen (secondary N) is 1. The molecule has 0 aromatic carbocycles. The maximum absolute atomic E-state index is 13.8. The number of carbonyl (C=O) groups is 1. The number of halogens is 4. The Labute approximate surface area is 163 Å².